The molecule has 1 saturated heterocycles. The summed E-state index contributed by atoms with van der Waals surface area (Å²) < 4.78 is 2.12. The molecule has 3 rings (SSSR count). The summed E-state index contributed by atoms with van der Waals surface area (Å²) in [6, 6.07) is 0. The van der Waals surface area contributed by atoms with E-state index >= 15 is 0 Å². The van der Waals surface area contributed by atoms with Gasteiger partial charge < -0.3 is 9.88 Å². The molecule has 1 N–H and O–H groups in total. The molecule has 19 heavy (non-hydrogen) atoms. The van der Waals surface area contributed by atoms with E-state index in [4.69, 9.17) is 0 Å². The minimum absolute atomic E-state index is 0.371. The van der Waals surface area contributed by atoms with E-state index in [2.05, 4.69) is 32.0 Å². The van der Waals surface area contributed by atoms with E-state index in [0.29, 0.717) is 5.54 Å². The normalized spacial score (nSPS) is 23.9. The summed E-state index contributed by atoms with van der Waals surface area (Å²) in [6.45, 7) is 6.33. The van der Waals surface area contributed by atoms with E-state index in [-0.39, 0.29) is 0 Å². The summed E-state index contributed by atoms with van der Waals surface area (Å²) in [4.78, 5) is 2.66. The molecule has 0 bridgehead atoms. The molecule has 2 heterocycles. The van der Waals surface area contributed by atoms with Gasteiger partial charge in [-0.05, 0) is 19.8 Å². The van der Waals surface area contributed by atoms with Gasteiger partial charge in [-0.2, -0.15) is 0 Å². The van der Waals surface area contributed by atoms with Gasteiger partial charge in [0.25, 0.3) is 0 Å². The summed E-state index contributed by atoms with van der Waals surface area (Å²) in [5.74, 6) is 2.10. The van der Waals surface area contributed by atoms with Crippen molar-refractivity contribution in [3.05, 3.63) is 11.6 Å². The van der Waals surface area contributed by atoms with Crippen molar-refractivity contribution in [3.63, 3.8) is 0 Å². The number of nitrogens with one attached hydrogen (secondary N) is 1. The van der Waals surface area contributed by atoms with Crippen LogP contribution in [0.1, 0.15) is 43.8 Å². The first-order valence-electron chi connectivity index (χ1n) is 7.52. The van der Waals surface area contributed by atoms with Crippen molar-refractivity contribution in [3.8, 4) is 0 Å². The average Bonchev–Trinajstić information content (AvgIpc) is 2.75. The second kappa shape index (κ2) is 5.21. The lowest BCUT2D eigenvalue weighted by Gasteiger charge is -2.49. The van der Waals surface area contributed by atoms with Gasteiger partial charge in [0.05, 0.1) is 6.54 Å². The number of piperazine rings is 1. The fourth-order valence-electron chi connectivity index (χ4n) is 3.59. The maximum atomic E-state index is 4.34. The number of hydrogen-bond acceptors (Lipinski definition) is 4. The molecule has 0 unspecified atom stereocenters. The Morgan fingerprint density at radius 1 is 1.21 bits per heavy atom. The predicted molar refractivity (Wildman–Crippen MR) is 74.8 cm³/mol. The highest BCUT2D eigenvalue weighted by Gasteiger charge is 2.39. The Balaban J connectivity index is 1.79. The van der Waals surface area contributed by atoms with Crippen LogP contribution in [0.4, 0.5) is 0 Å². The Morgan fingerprint density at radius 3 is 2.68 bits per heavy atom. The molecular weight excluding hydrogens is 238 g/mol. The first-order chi connectivity index (χ1) is 9.21. The van der Waals surface area contributed by atoms with Crippen molar-refractivity contribution in [1.29, 1.82) is 0 Å². The third-order valence-electron chi connectivity index (χ3n) is 4.98. The Labute approximate surface area is 115 Å². The highest BCUT2D eigenvalue weighted by Crippen LogP contribution is 2.35. The van der Waals surface area contributed by atoms with Gasteiger partial charge in [0.1, 0.15) is 11.6 Å². The lowest BCUT2D eigenvalue weighted by atomic mass is 9.79. The van der Waals surface area contributed by atoms with E-state index in [0.717, 1.165) is 37.8 Å². The number of rotatable bonds is 2. The van der Waals surface area contributed by atoms with Gasteiger partial charge in [0, 0.05) is 32.2 Å². The minimum Gasteiger partial charge on any atom is -0.317 e. The number of nitrogens with zero attached hydrogens (tertiary/aromatic N) is 4. The van der Waals surface area contributed by atoms with Gasteiger partial charge in [0.15, 0.2) is 0 Å². The molecule has 2 aliphatic rings. The average molecular weight is 263 g/mol. The number of aryl methyl sites for hydroxylation is 1. The van der Waals surface area contributed by atoms with Gasteiger partial charge in [-0.1, -0.05) is 19.3 Å². The molecule has 0 atom stereocenters. The standard InChI is InChI=1S/C14H25N5/c1-12-16-17-13(18(12)2)10-19-9-8-15-11-14(19)6-4-3-5-7-14/h15H,3-11H2,1-2H3. The summed E-state index contributed by atoms with van der Waals surface area (Å²) in [5.41, 5.74) is 0.371. The zero-order valence-corrected chi connectivity index (χ0v) is 12.2. The van der Waals surface area contributed by atoms with Crippen LogP contribution in [-0.2, 0) is 13.6 Å². The van der Waals surface area contributed by atoms with E-state index in [1.165, 1.54) is 32.1 Å². The molecule has 5 heteroatoms. The first-order valence-corrected chi connectivity index (χ1v) is 7.52. The fraction of sp³-hybridized carbons (Fsp3) is 0.857. The van der Waals surface area contributed by atoms with Gasteiger partial charge in [-0.3, -0.25) is 4.90 Å². The maximum absolute atomic E-state index is 4.34. The molecule has 1 aromatic heterocycles. The molecule has 5 nitrogen and oxygen atoms in total. The first kappa shape index (κ1) is 13.1. The molecule has 2 fully saturated rings. The Morgan fingerprint density at radius 2 is 2.00 bits per heavy atom. The maximum Gasteiger partial charge on any atom is 0.146 e. The van der Waals surface area contributed by atoms with E-state index in [1.807, 2.05) is 6.92 Å². The molecular formula is C14H25N5. The Hall–Kier alpha value is -0.940. The van der Waals surface area contributed by atoms with Crippen LogP contribution in [0.15, 0.2) is 0 Å². The second-order valence-corrected chi connectivity index (χ2v) is 6.11. The Bertz CT molecular complexity index is 425. The van der Waals surface area contributed by atoms with Crippen LogP contribution in [-0.4, -0.2) is 44.8 Å². The van der Waals surface area contributed by atoms with Crippen molar-refractivity contribution in [2.45, 2.75) is 51.1 Å². The largest absolute Gasteiger partial charge is 0.317 e. The molecule has 106 valence electrons. The predicted octanol–water partition coefficient (Wildman–Crippen LogP) is 1.23. The lowest BCUT2D eigenvalue weighted by Crippen LogP contribution is -2.61. The summed E-state index contributed by atoms with van der Waals surface area (Å²) >= 11 is 0. The van der Waals surface area contributed by atoms with Gasteiger partial charge in [0.2, 0.25) is 0 Å². The topological polar surface area (TPSA) is 46.0 Å². The van der Waals surface area contributed by atoms with Gasteiger partial charge in [-0.15, -0.1) is 10.2 Å². The number of aromatic nitrogens is 3. The monoisotopic (exact) mass is 263 g/mol. The van der Waals surface area contributed by atoms with Crippen LogP contribution >= 0.6 is 0 Å². The smallest absolute Gasteiger partial charge is 0.146 e. The van der Waals surface area contributed by atoms with E-state index in [1.54, 1.807) is 0 Å². The summed E-state index contributed by atoms with van der Waals surface area (Å²) in [7, 11) is 2.07. The SMILES string of the molecule is Cc1nnc(CN2CCNCC23CCCCC3)n1C. The van der Waals surface area contributed by atoms with Crippen LogP contribution in [0.3, 0.4) is 0 Å². The summed E-state index contributed by atoms with van der Waals surface area (Å²) in [5, 5.41) is 12.1. The minimum atomic E-state index is 0.371. The van der Waals surface area contributed by atoms with E-state index in [9.17, 15) is 0 Å². The van der Waals surface area contributed by atoms with Crippen LogP contribution < -0.4 is 5.32 Å². The molecule has 0 amide bonds. The second-order valence-electron chi connectivity index (χ2n) is 6.11. The van der Waals surface area contributed by atoms with Crippen molar-refractivity contribution in [2.24, 2.45) is 7.05 Å². The zero-order valence-electron chi connectivity index (χ0n) is 12.2. The third-order valence-corrected chi connectivity index (χ3v) is 4.98. The zero-order chi connectivity index (χ0) is 13.3. The molecule has 1 aliphatic carbocycles. The number of hydrogen-bond donors (Lipinski definition) is 1. The van der Waals surface area contributed by atoms with Crippen molar-refractivity contribution in [1.82, 2.24) is 25.0 Å². The summed E-state index contributed by atoms with van der Waals surface area (Å²) in [6.07, 6.45) is 6.80. The van der Waals surface area contributed by atoms with Crippen LogP contribution in [0.2, 0.25) is 0 Å². The highest BCUT2D eigenvalue weighted by molar-refractivity contribution is 5.01. The van der Waals surface area contributed by atoms with Crippen molar-refractivity contribution < 1.29 is 0 Å². The molecule has 0 aromatic carbocycles. The Kier molecular flexibility index (Phi) is 3.58. The van der Waals surface area contributed by atoms with Gasteiger partial charge in [-0.25, -0.2) is 0 Å². The quantitative estimate of drug-likeness (QED) is 0.872. The fourth-order valence-corrected chi connectivity index (χ4v) is 3.59. The third kappa shape index (κ3) is 2.41. The lowest BCUT2D eigenvalue weighted by molar-refractivity contribution is 0.0182. The van der Waals surface area contributed by atoms with Crippen LogP contribution in [0.5, 0.6) is 0 Å². The van der Waals surface area contributed by atoms with Crippen LogP contribution in [0, 0.1) is 6.92 Å². The molecule has 1 aliphatic heterocycles. The molecule has 1 saturated carbocycles. The van der Waals surface area contributed by atoms with Crippen molar-refractivity contribution >= 4 is 0 Å². The molecule has 1 aromatic rings. The van der Waals surface area contributed by atoms with Gasteiger partial charge >= 0.3 is 0 Å². The van der Waals surface area contributed by atoms with E-state index < -0.39 is 0 Å². The molecule has 0 radical (unpaired) electrons. The van der Waals surface area contributed by atoms with Crippen molar-refractivity contribution in [2.75, 3.05) is 19.6 Å². The highest BCUT2D eigenvalue weighted by atomic mass is 15.3. The van der Waals surface area contributed by atoms with Crippen LogP contribution in [0.25, 0.3) is 0 Å². The molecule has 1 spiro atoms.